The fourth-order valence-electron chi connectivity index (χ4n) is 1.14. The van der Waals surface area contributed by atoms with Crippen molar-refractivity contribution in [2.45, 2.75) is 4.90 Å². The average Bonchev–Trinajstić information content (AvgIpc) is 2.19. The number of benzene rings is 1. The van der Waals surface area contributed by atoms with Crippen molar-refractivity contribution in [1.29, 1.82) is 0 Å². The molecule has 0 radical (unpaired) electrons. The van der Waals surface area contributed by atoms with E-state index in [0.29, 0.717) is 0 Å². The van der Waals surface area contributed by atoms with Crippen molar-refractivity contribution in [1.82, 2.24) is 4.72 Å². The predicted octanol–water partition coefficient (Wildman–Crippen LogP) is -1.03. The Balaban J connectivity index is 2.90. The highest BCUT2D eigenvalue weighted by Crippen LogP contribution is 2.18. The van der Waals surface area contributed by atoms with Gasteiger partial charge in [0.25, 0.3) is 0 Å². The molecule has 10 heteroatoms. The molecule has 18 heavy (non-hydrogen) atoms. The molecule has 1 aromatic carbocycles. The zero-order chi connectivity index (χ0) is 14.0. The number of anilines is 1. The second-order valence-corrected chi connectivity index (χ2v) is 6.92. The lowest BCUT2D eigenvalue weighted by Gasteiger charge is -2.08. The first kappa shape index (κ1) is 14.8. The van der Waals surface area contributed by atoms with E-state index in [4.69, 9.17) is 10.9 Å². The van der Waals surface area contributed by atoms with Gasteiger partial charge in [0.1, 0.15) is 10.7 Å². The number of nitrogen functional groups attached to an aromatic ring is 1. The molecular weight excluding hydrogens is 285 g/mol. The smallest absolute Gasteiger partial charge is 0.242 e. The second-order valence-electron chi connectivity index (χ2n) is 3.45. The molecule has 0 aliphatic carbocycles. The van der Waals surface area contributed by atoms with Crippen molar-refractivity contribution >= 4 is 25.7 Å². The molecular formula is C8H12FN3O4S2. The van der Waals surface area contributed by atoms with Crippen LogP contribution in [0.25, 0.3) is 0 Å². The highest BCUT2D eigenvalue weighted by atomic mass is 32.2. The molecule has 0 unspecified atom stereocenters. The van der Waals surface area contributed by atoms with Crippen LogP contribution < -0.4 is 15.6 Å². The van der Waals surface area contributed by atoms with E-state index >= 15 is 0 Å². The van der Waals surface area contributed by atoms with Gasteiger partial charge in [0.05, 0.1) is 11.4 Å². The van der Waals surface area contributed by atoms with E-state index < -0.39 is 43.1 Å². The number of rotatable bonds is 5. The van der Waals surface area contributed by atoms with E-state index in [-0.39, 0.29) is 5.69 Å². The summed E-state index contributed by atoms with van der Waals surface area (Å²) in [4.78, 5) is -0.447. The molecule has 0 saturated carbocycles. The van der Waals surface area contributed by atoms with E-state index in [0.717, 1.165) is 18.2 Å². The molecule has 1 rings (SSSR count). The number of nitrogens with two attached hydrogens (primary N) is 2. The van der Waals surface area contributed by atoms with Crippen LogP contribution in [-0.4, -0.2) is 29.1 Å². The van der Waals surface area contributed by atoms with E-state index in [1.807, 2.05) is 4.72 Å². The largest absolute Gasteiger partial charge is 0.398 e. The summed E-state index contributed by atoms with van der Waals surface area (Å²) in [6.45, 7) is -0.420. The van der Waals surface area contributed by atoms with Crippen molar-refractivity contribution in [3.05, 3.63) is 24.0 Å². The van der Waals surface area contributed by atoms with Crippen molar-refractivity contribution in [3.63, 3.8) is 0 Å². The van der Waals surface area contributed by atoms with Crippen LogP contribution in [-0.2, 0) is 20.0 Å². The van der Waals surface area contributed by atoms with Crippen LogP contribution in [0.2, 0.25) is 0 Å². The van der Waals surface area contributed by atoms with Crippen molar-refractivity contribution < 1.29 is 21.2 Å². The molecule has 0 atom stereocenters. The maximum atomic E-state index is 12.9. The topological polar surface area (TPSA) is 132 Å². The Morgan fingerprint density at radius 2 is 1.83 bits per heavy atom. The zero-order valence-electron chi connectivity index (χ0n) is 9.13. The standard InChI is InChI=1S/C8H12FN3O4S2/c9-6-1-2-7(10)8(5-6)18(15,16)12-3-4-17(11,13)14/h1-2,5,12H,3-4,10H2,(H2,11,13,14). The molecule has 0 amide bonds. The Morgan fingerprint density at radius 1 is 1.22 bits per heavy atom. The third-order valence-electron chi connectivity index (χ3n) is 1.94. The number of nitrogens with one attached hydrogen (secondary N) is 1. The van der Waals surface area contributed by atoms with Gasteiger partial charge in [-0.25, -0.2) is 31.1 Å². The Bertz CT molecular complexity index is 642. The monoisotopic (exact) mass is 297 g/mol. The Hall–Kier alpha value is -1.23. The maximum absolute atomic E-state index is 12.9. The first-order valence-corrected chi connectivity index (χ1v) is 7.87. The summed E-state index contributed by atoms with van der Waals surface area (Å²) in [5.74, 6) is -1.34. The van der Waals surface area contributed by atoms with Crippen LogP contribution in [0.5, 0.6) is 0 Å². The minimum Gasteiger partial charge on any atom is -0.398 e. The van der Waals surface area contributed by atoms with Gasteiger partial charge < -0.3 is 5.73 Å². The lowest BCUT2D eigenvalue weighted by atomic mass is 10.3. The molecule has 0 heterocycles. The normalized spacial score (nSPS) is 12.6. The molecule has 1 aromatic rings. The number of sulfonamides is 2. The van der Waals surface area contributed by atoms with Gasteiger partial charge in [-0.3, -0.25) is 0 Å². The van der Waals surface area contributed by atoms with Gasteiger partial charge in [-0.1, -0.05) is 0 Å². The third kappa shape index (κ3) is 4.22. The summed E-state index contributed by atoms with van der Waals surface area (Å²) >= 11 is 0. The molecule has 0 aliphatic rings. The quantitative estimate of drug-likeness (QED) is 0.598. The fourth-order valence-corrected chi connectivity index (χ4v) is 2.83. The fraction of sp³-hybridized carbons (Fsp3) is 0.250. The van der Waals surface area contributed by atoms with Gasteiger partial charge in [0, 0.05) is 6.54 Å². The number of primary sulfonamides is 1. The Morgan fingerprint density at radius 3 is 2.39 bits per heavy atom. The van der Waals surface area contributed by atoms with E-state index in [9.17, 15) is 21.2 Å². The van der Waals surface area contributed by atoms with Gasteiger partial charge in [-0.15, -0.1) is 0 Å². The molecule has 0 spiro atoms. The highest BCUT2D eigenvalue weighted by Gasteiger charge is 2.18. The summed E-state index contributed by atoms with van der Waals surface area (Å²) < 4.78 is 59.6. The number of hydrogen-bond donors (Lipinski definition) is 3. The molecule has 102 valence electrons. The lowest BCUT2D eigenvalue weighted by molar-refractivity contribution is 0.578. The van der Waals surface area contributed by atoms with E-state index in [1.54, 1.807) is 0 Å². The van der Waals surface area contributed by atoms with Crippen LogP contribution in [0, 0.1) is 5.82 Å². The molecule has 0 bridgehead atoms. The Kier molecular flexibility index (Phi) is 4.27. The predicted molar refractivity (Wildman–Crippen MR) is 64.0 cm³/mol. The third-order valence-corrected chi connectivity index (χ3v) is 4.23. The summed E-state index contributed by atoms with van der Waals surface area (Å²) in [7, 11) is -7.85. The zero-order valence-corrected chi connectivity index (χ0v) is 10.8. The van der Waals surface area contributed by atoms with Gasteiger partial charge in [0.2, 0.25) is 20.0 Å². The molecule has 0 aromatic heterocycles. The van der Waals surface area contributed by atoms with E-state index in [1.165, 1.54) is 0 Å². The van der Waals surface area contributed by atoms with Gasteiger partial charge in [-0.05, 0) is 18.2 Å². The van der Waals surface area contributed by atoms with Crippen LogP contribution in [0.3, 0.4) is 0 Å². The van der Waals surface area contributed by atoms with Gasteiger partial charge in [0.15, 0.2) is 0 Å². The molecule has 0 fully saturated rings. The number of hydrogen-bond acceptors (Lipinski definition) is 5. The van der Waals surface area contributed by atoms with Crippen molar-refractivity contribution in [2.75, 3.05) is 18.0 Å². The van der Waals surface area contributed by atoms with Gasteiger partial charge >= 0.3 is 0 Å². The summed E-state index contributed by atoms with van der Waals surface area (Å²) in [5.41, 5.74) is 5.26. The lowest BCUT2D eigenvalue weighted by Crippen LogP contribution is -2.32. The summed E-state index contributed by atoms with van der Waals surface area (Å²) in [6, 6.07) is 2.86. The molecule has 0 saturated heterocycles. The van der Waals surface area contributed by atoms with Gasteiger partial charge in [-0.2, -0.15) is 0 Å². The minimum atomic E-state index is -4.07. The molecule has 5 N–H and O–H groups in total. The first-order valence-electron chi connectivity index (χ1n) is 4.67. The van der Waals surface area contributed by atoms with Crippen molar-refractivity contribution in [3.8, 4) is 0 Å². The highest BCUT2D eigenvalue weighted by molar-refractivity contribution is 7.90. The van der Waals surface area contributed by atoms with Crippen molar-refractivity contribution in [2.24, 2.45) is 5.14 Å². The summed E-state index contributed by atoms with van der Waals surface area (Å²) in [5, 5.41) is 4.71. The second kappa shape index (κ2) is 5.18. The van der Waals surface area contributed by atoms with Crippen LogP contribution in [0.15, 0.2) is 23.1 Å². The van der Waals surface area contributed by atoms with Crippen LogP contribution in [0.4, 0.5) is 10.1 Å². The SMILES string of the molecule is Nc1ccc(F)cc1S(=O)(=O)NCCS(N)(=O)=O. The molecule has 0 aliphatic heterocycles. The van der Waals surface area contributed by atoms with Crippen LogP contribution in [0.1, 0.15) is 0 Å². The van der Waals surface area contributed by atoms with E-state index in [2.05, 4.69) is 0 Å². The summed E-state index contributed by atoms with van der Waals surface area (Å²) in [6.07, 6.45) is 0. The first-order chi connectivity index (χ1) is 8.12. The number of halogens is 1. The molecule has 7 nitrogen and oxygen atoms in total. The van der Waals surface area contributed by atoms with Crippen LogP contribution >= 0.6 is 0 Å². The average molecular weight is 297 g/mol. The Labute approximate surface area is 104 Å². The maximum Gasteiger partial charge on any atom is 0.242 e. The minimum absolute atomic E-state index is 0.139.